The minimum atomic E-state index is -0.567. The van der Waals surface area contributed by atoms with Crippen LogP contribution in [0.25, 0.3) is 27.6 Å². The molecule has 4 heterocycles. The van der Waals surface area contributed by atoms with Gasteiger partial charge in [-0.2, -0.15) is 10.1 Å². The molecule has 176 valence electrons. The number of fused-ring (bicyclic) bond motifs is 4. The molecule has 0 saturated carbocycles. The molecule has 0 amide bonds. The van der Waals surface area contributed by atoms with Crippen molar-refractivity contribution >= 4 is 39.4 Å². The summed E-state index contributed by atoms with van der Waals surface area (Å²) in [6.45, 7) is 1.10. The third-order valence-corrected chi connectivity index (χ3v) is 6.09. The van der Waals surface area contributed by atoms with Gasteiger partial charge in [0.15, 0.2) is 11.5 Å². The third-order valence-electron chi connectivity index (χ3n) is 6.09. The van der Waals surface area contributed by atoms with Crippen molar-refractivity contribution < 1.29 is 9.13 Å². The summed E-state index contributed by atoms with van der Waals surface area (Å²) in [7, 11) is 2.01. The topological polar surface area (TPSA) is 127 Å². The average Bonchev–Trinajstić information content (AvgIpc) is 3.26. The van der Waals surface area contributed by atoms with Gasteiger partial charge >= 0.3 is 0 Å². The fourth-order valence-electron chi connectivity index (χ4n) is 4.44. The second-order valence-electron chi connectivity index (χ2n) is 8.35. The third kappa shape index (κ3) is 3.39. The van der Waals surface area contributed by atoms with Crippen LogP contribution in [0.3, 0.4) is 0 Å². The van der Waals surface area contributed by atoms with Gasteiger partial charge in [0, 0.05) is 13.2 Å². The standard InChI is InChI=1S/C24H21FN8O2/c1-32-12-13(35-18-9-5-4-8-17(18)32)10-27-24-28-11-14-20-19(21(26)31-30-20)23(34)33(22(14)29-24)16-7-3-2-6-15(16)25/h2-9,11,13H,10,12H2,1H3,(H3,26,30,31)(H,27,28,29)/t13-/m0/s1. The Morgan fingerprint density at radius 2 is 1.97 bits per heavy atom. The number of hydrogen-bond donors (Lipinski definition) is 3. The molecular weight excluding hydrogens is 451 g/mol. The van der Waals surface area contributed by atoms with E-state index in [1.165, 1.54) is 16.7 Å². The van der Waals surface area contributed by atoms with Crippen LogP contribution in [0.1, 0.15) is 0 Å². The summed E-state index contributed by atoms with van der Waals surface area (Å²) >= 11 is 0. The summed E-state index contributed by atoms with van der Waals surface area (Å²) in [5.74, 6) is 0.542. The van der Waals surface area contributed by atoms with Crippen LogP contribution in [0.4, 0.5) is 21.8 Å². The van der Waals surface area contributed by atoms with Gasteiger partial charge in [0.2, 0.25) is 5.95 Å². The highest BCUT2D eigenvalue weighted by Gasteiger charge is 2.24. The molecule has 35 heavy (non-hydrogen) atoms. The van der Waals surface area contributed by atoms with E-state index in [9.17, 15) is 9.18 Å². The number of hydrogen-bond acceptors (Lipinski definition) is 8. The van der Waals surface area contributed by atoms with Crippen LogP contribution in [0, 0.1) is 5.82 Å². The number of pyridine rings is 1. The molecule has 0 bridgehead atoms. The average molecular weight is 472 g/mol. The number of H-pyrrole nitrogens is 1. The predicted molar refractivity (Wildman–Crippen MR) is 132 cm³/mol. The number of aromatic amines is 1. The maximum Gasteiger partial charge on any atom is 0.270 e. The maximum atomic E-state index is 14.8. The van der Waals surface area contributed by atoms with E-state index in [0.29, 0.717) is 24.0 Å². The summed E-state index contributed by atoms with van der Waals surface area (Å²) in [6, 6.07) is 13.8. The molecule has 1 aliphatic heterocycles. The molecule has 6 rings (SSSR count). The van der Waals surface area contributed by atoms with Crippen LogP contribution < -0.4 is 26.2 Å². The van der Waals surface area contributed by atoms with Crippen molar-refractivity contribution in [2.75, 3.05) is 36.1 Å². The van der Waals surface area contributed by atoms with E-state index in [-0.39, 0.29) is 34.6 Å². The minimum Gasteiger partial charge on any atom is -0.485 e. The summed E-state index contributed by atoms with van der Waals surface area (Å²) in [4.78, 5) is 24.5. The van der Waals surface area contributed by atoms with E-state index in [0.717, 1.165) is 11.4 Å². The fourth-order valence-corrected chi connectivity index (χ4v) is 4.44. The number of para-hydroxylation sites is 3. The number of likely N-dealkylation sites (N-methyl/N-ethyl adjacent to an activating group) is 1. The summed E-state index contributed by atoms with van der Waals surface area (Å²) in [5, 5.41) is 10.6. The predicted octanol–water partition coefficient (Wildman–Crippen LogP) is 2.69. The quantitative estimate of drug-likeness (QED) is 0.364. The molecular formula is C24H21FN8O2. The Hall–Kier alpha value is -4.67. The van der Waals surface area contributed by atoms with Crippen LogP contribution in [-0.4, -0.2) is 51.0 Å². The molecule has 0 fully saturated rings. The summed E-state index contributed by atoms with van der Waals surface area (Å²) < 4.78 is 22.1. The lowest BCUT2D eigenvalue weighted by molar-refractivity contribution is 0.208. The van der Waals surface area contributed by atoms with E-state index < -0.39 is 11.4 Å². The molecule has 4 N–H and O–H groups in total. The monoisotopic (exact) mass is 472 g/mol. The van der Waals surface area contributed by atoms with Crippen LogP contribution in [0.2, 0.25) is 0 Å². The first-order chi connectivity index (χ1) is 17.0. The van der Waals surface area contributed by atoms with Crippen LogP contribution in [0.15, 0.2) is 59.5 Å². The second-order valence-corrected chi connectivity index (χ2v) is 8.35. The number of halogens is 1. The Morgan fingerprint density at radius 3 is 2.80 bits per heavy atom. The van der Waals surface area contributed by atoms with Gasteiger partial charge in [-0.15, -0.1) is 0 Å². The molecule has 3 aromatic heterocycles. The van der Waals surface area contributed by atoms with Crippen LogP contribution in [-0.2, 0) is 0 Å². The molecule has 0 saturated heterocycles. The lowest BCUT2D eigenvalue weighted by Gasteiger charge is -2.33. The first kappa shape index (κ1) is 20.9. The first-order valence-corrected chi connectivity index (χ1v) is 11.0. The molecule has 0 radical (unpaired) electrons. The zero-order chi connectivity index (χ0) is 24.1. The van der Waals surface area contributed by atoms with Gasteiger partial charge in [0.1, 0.15) is 23.1 Å². The van der Waals surface area contributed by atoms with Gasteiger partial charge in [0.05, 0.1) is 35.4 Å². The Bertz CT molecular complexity index is 1650. The van der Waals surface area contributed by atoms with Gasteiger partial charge in [-0.25, -0.2) is 9.37 Å². The van der Waals surface area contributed by atoms with E-state index >= 15 is 0 Å². The zero-order valence-electron chi connectivity index (χ0n) is 18.7. The number of anilines is 3. The Kier molecular flexibility index (Phi) is 4.76. The molecule has 1 aliphatic rings. The molecule has 1 atom stereocenters. The number of nitrogen functional groups attached to an aromatic ring is 1. The Balaban J connectivity index is 1.41. The Morgan fingerprint density at radius 1 is 1.20 bits per heavy atom. The lowest BCUT2D eigenvalue weighted by Crippen LogP contribution is -2.41. The van der Waals surface area contributed by atoms with Crippen molar-refractivity contribution in [3.8, 4) is 11.4 Å². The molecule has 0 unspecified atom stereocenters. The normalized spacial score (nSPS) is 15.3. The number of nitrogens with one attached hydrogen (secondary N) is 2. The highest BCUT2D eigenvalue weighted by atomic mass is 19.1. The number of ether oxygens (including phenoxy) is 1. The number of nitrogens with two attached hydrogens (primary N) is 1. The summed E-state index contributed by atoms with van der Waals surface area (Å²) in [5.41, 5.74) is 7.12. The van der Waals surface area contributed by atoms with E-state index in [2.05, 4.69) is 30.4 Å². The Labute approximate surface area is 198 Å². The van der Waals surface area contributed by atoms with Crippen molar-refractivity contribution in [2.24, 2.45) is 0 Å². The maximum absolute atomic E-state index is 14.8. The molecule has 0 aliphatic carbocycles. The molecule has 10 nitrogen and oxygen atoms in total. The largest absolute Gasteiger partial charge is 0.485 e. The van der Waals surface area contributed by atoms with Gasteiger partial charge in [0.25, 0.3) is 5.56 Å². The number of rotatable bonds is 4. The zero-order valence-corrected chi connectivity index (χ0v) is 18.7. The van der Waals surface area contributed by atoms with Gasteiger partial charge < -0.3 is 20.7 Å². The number of aromatic nitrogens is 5. The summed E-state index contributed by atoms with van der Waals surface area (Å²) in [6.07, 6.45) is 1.41. The second kappa shape index (κ2) is 7.97. The molecule has 11 heteroatoms. The highest BCUT2D eigenvalue weighted by molar-refractivity contribution is 6.05. The molecule has 0 spiro atoms. The number of benzene rings is 2. The first-order valence-electron chi connectivity index (χ1n) is 11.0. The van der Waals surface area contributed by atoms with Gasteiger partial charge in [-0.1, -0.05) is 24.3 Å². The van der Waals surface area contributed by atoms with E-state index in [4.69, 9.17) is 10.5 Å². The van der Waals surface area contributed by atoms with Crippen LogP contribution >= 0.6 is 0 Å². The fraction of sp³-hybridized carbons (Fsp3) is 0.167. The van der Waals surface area contributed by atoms with Crippen molar-refractivity contribution in [1.29, 1.82) is 0 Å². The van der Waals surface area contributed by atoms with Gasteiger partial charge in [-0.05, 0) is 24.3 Å². The van der Waals surface area contributed by atoms with E-state index in [1.54, 1.807) is 18.3 Å². The number of nitrogens with zero attached hydrogens (tertiary/aromatic N) is 5. The lowest BCUT2D eigenvalue weighted by atomic mass is 10.2. The van der Waals surface area contributed by atoms with Crippen molar-refractivity contribution in [2.45, 2.75) is 6.10 Å². The van der Waals surface area contributed by atoms with Crippen molar-refractivity contribution in [3.63, 3.8) is 0 Å². The SMILES string of the molecule is CN1C[C@H](CNc2ncc3c4[nH]nc(N)c4c(=O)n(-c4ccccc4F)c3n2)Oc2ccccc21. The van der Waals surface area contributed by atoms with E-state index in [1.807, 2.05) is 31.3 Å². The highest BCUT2D eigenvalue weighted by Crippen LogP contribution is 2.32. The minimum absolute atomic E-state index is 0.0260. The molecule has 2 aromatic carbocycles. The smallest absolute Gasteiger partial charge is 0.270 e. The molecule has 5 aromatic rings. The van der Waals surface area contributed by atoms with Gasteiger partial charge in [-0.3, -0.25) is 14.5 Å². The van der Waals surface area contributed by atoms with Crippen molar-refractivity contribution in [1.82, 2.24) is 24.7 Å². The van der Waals surface area contributed by atoms with Crippen molar-refractivity contribution in [3.05, 3.63) is 70.9 Å². The van der Waals surface area contributed by atoms with Crippen LogP contribution in [0.5, 0.6) is 5.75 Å².